The Bertz CT molecular complexity index is 401. The van der Waals surface area contributed by atoms with Gasteiger partial charge in [0.1, 0.15) is 0 Å². The van der Waals surface area contributed by atoms with Crippen LogP contribution in [0.3, 0.4) is 0 Å². The number of amides is 1. The Morgan fingerprint density at radius 3 is 2.94 bits per heavy atom. The lowest BCUT2D eigenvalue weighted by Crippen LogP contribution is -2.36. The molecule has 1 aliphatic rings. The second-order valence-electron chi connectivity index (χ2n) is 4.81. The van der Waals surface area contributed by atoms with E-state index in [0.717, 1.165) is 26.1 Å². The van der Waals surface area contributed by atoms with Crippen molar-refractivity contribution < 1.29 is 4.79 Å². The topological polar surface area (TPSA) is 32.3 Å². The van der Waals surface area contributed by atoms with E-state index in [1.54, 1.807) is 0 Å². The van der Waals surface area contributed by atoms with Gasteiger partial charge in [0.15, 0.2) is 0 Å². The van der Waals surface area contributed by atoms with Gasteiger partial charge in [0.2, 0.25) is 5.91 Å². The largest absolute Gasteiger partial charge is 0.369 e. The molecule has 0 saturated carbocycles. The Morgan fingerprint density at radius 2 is 2.18 bits per heavy atom. The predicted octanol–water partition coefficient (Wildman–Crippen LogP) is 1.82. The van der Waals surface area contributed by atoms with Crippen molar-refractivity contribution in [1.82, 2.24) is 5.32 Å². The lowest BCUT2D eigenvalue weighted by Gasteiger charge is -2.19. The van der Waals surface area contributed by atoms with E-state index in [0.29, 0.717) is 0 Å². The van der Waals surface area contributed by atoms with E-state index >= 15 is 0 Å². The first-order valence-electron chi connectivity index (χ1n) is 6.29. The minimum Gasteiger partial charge on any atom is -0.369 e. The lowest BCUT2D eigenvalue weighted by molar-refractivity contribution is -0.123. The number of hydrogen-bond donors (Lipinski definition) is 1. The van der Waals surface area contributed by atoms with Gasteiger partial charge in [-0.1, -0.05) is 32.0 Å². The maximum absolute atomic E-state index is 11.4. The fourth-order valence-electron chi connectivity index (χ4n) is 2.16. The van der Waals surface area contributed by atoms with Crippen LogP contribution in [0.2, 0.25) is 0 Å². The number of para-hydroxylation sites is 1. The van der Waals surface area contributed by atoms with Crippen LogP contribution in [-0.2, 0) is 11.2 Å². The third-order valence-corrected chi connectivity index (χ3v) is 3.19. The van der Waals surface area contributed by atoms with Crippen LogP contribution in [0.1, 0.15) is 19.4 Å². The summed E-state index contributed by atoms with van der Waals surface area (Å²) in [7, 11) is 0. The molecule has 1 amide bonds. The van der Waals surface area contributed by atoms with E-state index in [1.165, 1.54) is 11.3 Å². The number of carbonyl (C=O) groups excluding carboxylic acids is 1. The SMILES string of the molecule is CC(C)C(=O)NCCN1CCc2ccccc21. The van der Waals surface area contributed by atoms with Gasteiger partial charge in [-0.05, 0) is 18.1 Å². The van der Waals surface area contributed by atoms with E-state index in [-0.39, 0.29) is 11.8 Å². The average Bonchev–Trinajstić information content (AvgIpc) is 2.72. The van der Waals surface area contributed by atoms with Crippen LogP contribution in [0, 0.1) is 5.92 Å². The summed E-state index contributed by atoms with van der Waals surface area (Å²) >= 11 is 0. The third kappa shape index (κ3) is 2.78. The molecular weight excluding hydrogens is 212 g/mol. The van der Waals surface area contributed by atoms with Gasteiger partial charge in [-0.15, -0.1) is 0 Å². The van der Waals surface area contributed by atoms with E-state index in [4.69, 9.17) is 0 Å². The summed E-state index contributed by atoms with van der Waals surface area (Å²) in [6.45, 7) is 6.53. The molecule has 3 heteroatoms. The maximum atomic E-state index is 11.4. The number of nitrogens with one attached hydrogen (secondary N) is 1. The summed E-state index contributed by atoms with van der Waals surface area (Å²) in [6.07, 6.45) is 1.12. The molecule has 1 N–H and O–H groups in total. The van der Waals surface area contributed by atoms with Crippen molar-refractivity contribution in [3.63, 3.8) is 0 Å². The second-order valence-corrected chi connectivity index (χ2v) is 4.81. The molecule has 0 atom stereocenters. The number of benzene rings is 1. The molecule has 0 aromatic heterocycles. The average molecular weight is 232 g/mol. The van der Waals surface area contributed by atoms with Gasteiger partial charge in [0, 0.05) is 31.2 Å². The Hall–Kier alpha value is -1.51. The summed E-state index contributed by atoms with van der Waals surface area (Å²) in [5.74, 6) is 0.207. The molecule has 0 saturated heterocycles. The maximum Gasteiger partial charge on any atom is 0.222 e. The number of carbonyl (C=O) groups is 1. The van der Waals surface area contributed by atoms with Crippen LogP contribution < -0.4 is 10.2 Å². The van der Waals surface area contributed by atoms with Crippen molar-refractivity contribution in [2.24, 2.45) is 5.92 Å². The first-order valence-corrected chi connectivity index (χ1v) is 6.29. The highest BCUT2D eigenvalue weighted by Crippen LogP contribution is 2.26. The zero-order chi connectivity index (χ0) is 12.3. The van der Waals surface area contributed by atoms with Crippen molar-refractivity contribution in [2.45, 2.75) is 20.3 Å². The fourth-order valence-corrected chi connectivity index (χ4v) is 2.16. The molecule has 1 heterocycles. The van der Waals surface area contributed by atoms with E-state index in [2.05, 4.69) is 34.5 Å². The Kier molecular flexibility index (Phi) is 3.67. The highest BCUT2D eigenvalue weighted by atomic mass is 16.1. The highest BCUT2D eigenvalue weighted by molar-refractivity contribution is 5.77. The first kappa shape index (κ1) is 12.0. The number of rotatable bonds is 4. The van der Waals surface area contributed by atoms with Gasteiger partial charge in [-0.2, -0.15) is 0 Å². The van der Waals surface area contributed by atoms with Gasteiger partial charge < -0.3 is 10.2 Å². The molecule has 0 aliphatic carbocycles. The molecule has 1 aromatic rings. The fraction of sp³-hybridized carbons (Fsp3) is 0.500. The predicted molar refractivity (Wildman–Crippen MR) is 70.2 cm³/mol. The molecule has 0 unspecified atom stereocenters. The van der Waals surface area contributed by atoms with Crippen molar-refractivity contribution in [3.8, 4) is 0 Å². The number of hydrogen-bond acceptors (Lipinski definition) is 2. The molecule has 92 valence electrons. The molecule has 3 nitrogen and oxygen atoms in total. The van der Waals surface area contributed by atoms with E-state index in [9.17, 15) is 4.79 Å². The number of anilines is 1. The van der Waals surface area contributed by atoms with Gasteiger partial charge in [-0.25, -0.2) is 0 Å². The van der Waals surface area contributed by atoms with Crippen LogP contribution in [-0.4, -0.2) is 25.5 Å². The van der Waals surface area contributed by atoms with Crippen molar-refractivity contribution in [3.05, 3.63) is 29.8 Å². The van der Waals surface area contributed by atoms with E-state index in [1.807, 2.05) is 13.8 Å². The summed E-state index contributed by atoms with van der Waals surface area (Å²) in [5, 5.41) is 2.96. The molecule has 17 heavy (non-hydrogen) atoms. The second kappa shape index (κ2) is 5.21. The standard InChI is InChI=1S/C14H20N2O/c1-11(2)14(17)15-8-10-16-9-7-12-5-3-4-6-13(12)16/h3-6,11H,7-10H2,1-2H3,(H,15,17). The number of fused-ring (bicyclic) bond motifs is 1. The molecule has 1 aliphatic heterocycles. The first-order chi connectivity index (χ1) is 8.18. The summed E-state index contributed by atoms with van der Waals surface area (Å²) in [6, 6.07) is 8.50. The Morgan fingerprint density at radius 1 is 1.41 bits per heavy atom. The molecule has 0 bridgehead atoms. The van der Waals surface area contributed by atoms with Gasteiger partial charge in [0.25, 0.3) is 0 Å². The van der Waals surface area contributed by atoms with Crippen molar-refractivity contribution in [2.75, 3.05) is 24.5 Å². The monoisotopic (exact) mass is 232 g/mol. The smallest absolute Gasteiger partial charge is 0.222 e. The molecular formula is C14H20N2O. The third-order valence-electron chi connectivity index (χ3n) is 3.19. The van der Waals surface area contributed by atoms with Crippen LogP contribution in [0.15, 0.2) is 24.3 Å². The van der Waals surface area contributed by atoms with Gasteiger partial charge in [0.05, 0.1) is 0 Å². The van der Waals surface area contributed by atoms with Gasteiger partial charge >= 0.3 is 0 Å². The quantitative estimate of drug-likeness (QED) is 0.859. The van der Waals surface area contributed by atoms with Crippen LogP contribution in [0.4, 0.5) is 5.69 Å². The minimum atomic E-state index is 0.0702. The molecule has 0 spiro atoms. The highest BCUT2D eigenvalue weighted by Gasteiger charge is 2.17. The zero-order valence-electron chi connectivity index (χ0n) is 10.6. The van der Waals surface area contributed by atoms with Crippen molar-refractivity contribution in [1.29, 1.82) is 0 Å². The zero-order valence-corrected chi connectivity index (χ0v) is 10.6. The van der Waals surface area contributed by atoms with Crippen LogP contribution >= 0.6 is 0 Å². The minimum absolute atomic E-state index is 0.0702. The normalized spacial score (nSPS) is 13.9. The molecule has 0 radical (unpaired) electrons. The number of nitrogens with zero attached hydrogens (tertiary/aromatic N) is 1. The van der Waals surface area contributed by atoms with Crippen LogP contribution in [0.5, 0.6) is 0 Å². The summed E-state index contributed by atoms with van der Waals surface area (Å²) in [4.78, 5) is 13.8. The Labute approximate surface area is 103 Å². The van der Waals surface area contributed by atoms with Gasteiger partial charge in [-0.3, -0.25) is 4.79 Å². The Balaban J connectivity index is 1.84. The summed E-state index contributed by atoms with van der Waals surface area (Å²) in [5.41, 5.74) is 2.74. The summed E-state index contributed by atoms with van der Waals surface area (Å²) < 4.78 is 0. The van der Waals surface area contributed by atoms with E-state index < -0.39 is 0 Å². The molecule has 2 rings (SSSR count). The molecule has 1 aromatic carbocycles. The van der Waals surface area contributed by atoms with Crippen molar-refractivity contribution >= 4 is 11.6 Å². The van der Waals surface area contributed by atoms with Crippen LogP contribution in [0.25, 0.3) is 0 Å². The molecule has 0 fully saturated rings. The lowest BCUT2D eigenvalue weighted by atomic mass is 10.2.